The first-order valence-corrected chi connectivity index (χ1v) is 6.45. The van der Waals surface area contributed by atoms with Gasteiger partial charge in [0.2, 0.25) is 5.91 Å². The number of anilines is 1. The summed E-state index contributed by atoms with van der Waals surface area (Å²) >= 11 is 0. The molecule has 0 spiro atoms. The molecule has 0 radical (unpaired) electrons. The van der Waals surface area contributed by atoms with Gasteiger partial charge in [-0.05, 0) is 37.0 Å². The number of rotatable bonds is 2. The van der Waals surface area contributed by atoms with E-state index in [0.717, 1.165) is 36.2 Å². The van der Waals surface area contributed by atoms with Crippen molar-refractivity contribution in [1.29, 1.82) is 0 Å². The van der Waals surface area contributed by atoms with Crippen molar-refractivity contribution in [3.63, 3.8) is 0 Å². The maximum Gasteiger partial charge on any atom is 0.249 e. The van der Waals surface area contributed by atoms with Gasteiger partial charge in [-0.25, -0.2) is 0 Å². The van der Waals surface area contributed by atoms with Crippen molar-refractivity contribution in [3.05, 3.63) is 41.0 Å². The summed E-state index contributed by atoms with van der Waals surface area (Å²) in [7, 11) is 0. The molecule has 3 nitrogen and oxygen atoms in total. The lowest BCUT2D eigenvalue weighted by Crippen LogP contribution is -2.36. The third kappa shape index (κ3) is 2.40. The molecule has 18 heavy (non-hydrogen) atoms. The summed E-state index contributed by atoms with van der Waals surface area (Å²) in [6.45, 7) is 5.34. The average Bonchev–Trinajstić information content (AvgIpc) is 2.38. The van der Waals surface area contributed by atoms with E-state index in [9.17, 15) is 4.79 Å². The van der Waals surface area contributed by atoms with Crippen molar-refractivity contribution in [2.24, 2.45) is 0 Å². The first-order valence-electron chi connectivity index (χ1n) is 6.45. The second-order valence-electron chi connectivity index (χ2n) is 4.76. The number of nitrogens with two attached hydrogens (primary N) is 1. The van der Waals surface area contributed by atoms with Crippen molar-refractivity contribution in [3.8, 4) is 0 Å². The molecule has 1 aromatic rings. The normalized spacial score (nSPS) is 15.4. The molecule has 3 heteroatoms. The minimum Gasteiger partial charge on any atom is -0.398 e. The first kappa shape index (κ1) is 12.7. The minimum absolute atomic E-state index is 0.130. The van der Waals surface area contributed by atoms with Crippen molar-refractivity contribution in [1.82, 2.24) is 4.90 Å². The number of fused-ring (bicyclic) bond motifs is 1. The van der Waals surface area contributed by atoms with Crippen molar-refractivity contribution in [2.75, 3.05) is 12.3 Å². The van der Waals surface area contributed by atoms with Gasteiger partial charge in [0.1, 0.15) is 0 Å². The predicted octanol–water partition coefficient (Wildman–Crippen LogP) is 2.51. The van der Waals surface area contributed by atoms with Gasteiger partial charge in [0.25, 0.3) is 0 Å². The van der Waals surface area contributed by atoms with Crippen molar-refractivity contribution >= 4 is 11.6 Å². The molecule has 1 aliphatic rings. The number of hydrogen-bond donors (Lipinski definition) is 1. The van der Waals surface area contributed by atoms with Crippen LogP contribution in [0.15, 0.2) is 29.8 Å². The van der Waals surface area contributed by atoms with E-state index in [1.165, 1.54) is 5.56 Å². The fourth-order valence-corrected chi connectivity index (χ4v) is 2.42. The molecule has 0 fully saturated rings. The van der Waals surface area contributed by atoms with Crippen LogP contribution in [0.4, 0.5) is 5.69 Å². The molecule has 0 unspecified atom stereocenters. The van der Waals surface area contributed by atoms with E-state index in [1.807, 2.05) is 37.0 Å². The fraction of sp³-hybridized carbons (Fsp3) is 0.400. The third-order valence-corrected chi connectivity index (χ3v) is 3.44. The third-order valence-electron chi connectivity index (χ3n) is 3.44. The van der Waals surface area contributed by atoms with Crippen LogP contribution >= 0.6 is 0 Å². The summed E-state index contributed by atoms with van der Waals surface area (Å²) in [5.41, 5.74) is 10.00. The molecule has 1 amide bonds. The van der Waals surface area contributed by atoms with E-state index in [-0.39, 0.29) is 5.91 Å². The Balaban J connectivity index is 2.20. The van der Waals surface area contributed by atoms with Crippen LogP contribution in [-0.4, -0.2) is 17.4 Å². The topological polar surface area (TPSA) is 46.3 Å². The smallest absolute Gasteiger partial charge is 0.249 e. The Hall–Kier alpha value is -1.77. The van der Waals surface area contributed by atoms with Gasteiger partial charge >= 0.3 is 0 Å². The zero-order chi connectivity index (χ0) is 13.1. The Bertz CT molecular complexity index is 491. The van der Waals surface area contributed by atoms with E-state index in [1.54, 1.807) is 0 Å². The van der Waals surface area contributed by atoms with Crippen molar-refractivity contribution in [2.45, 2.75) is 33.2 Å². The lowest BCUT2D eigenvalue weighted by atomic mass is 9.97. The number of allylic oxidation sites excluding steroid dienone is 1. The summed E-state index contributed by atoms with van der Waals surface area (Å²) in [5.74, 6) is 0.130. The fourth-order valence-electron chi connectivity index (χ4n) is 2.42. The van der Waals surface area contributed by atoms with Crippen LogP contribution in [0.25, 0.3) is 0 Å². The molecule has 0 atom stereocenters. The highest BCUT2D eigenvalue weighted by molar-refractivity contribution is 5.93. The van der Waals surface area contributed by atoms with Gasteiger partial charge < -0.3 is 10.6 Å². The van der Waals surface area contributed by atoms with Crippen LogP contribution in [0.3, 0.4) is 0 Å². The molecule has 0 saturated carbocycles. The highest BCUT2D eigenvalue weighted by atomic mass is 16.2. The lowest BCUT2D eigenvalue weighted by Gasteiger charge is -2.30. The summed E-state index contributed by atoms with van der Waals surface area (Å²) < 4.78 is 0. The molecular formula is C15H20N2O. The Morgan fingerprint density at radius 3 is 3.00 bits per heavy atom. The molecule has 1 heterocycles. The van der Waals surface area contributed by atoms with E-state index in [4.69, 9.17) is 5.73 Å². The maximum absolute atomic E-state index is 12.2. The van der Waals surface area contributed by atoms with Gasteiger partial charge in [-0.1, -0.05) is 25.1 Å². The highest BCUT2D eigenvalue weighted by Crippen LogP contribution is 2.25. The Morgan fingerprint density at radius 2 is 2.28 bits per heavy atom. The van der Waals surface area contributed by atoms with Crippen molar-refractivity contribution < 1.29 is 4.79 Å². The van der Waals surface area contributed by atoms with Gasteiger partial charge in [0, 0.05) is 24.4 Å². The minimum atomic E-state index is 0.130. The largest absolute Gasteiger partial charge is 0.398 e. The summed E-state index contributed by atoms with van der Waals surface area (Å²) in [5, 5.41) is 0. The maximum atomic E-state index is 12.2. The summed E-state index contributed by atoms with van der Waals surface area (Å²) in [6, 6.07) is 5.98. The second-order valence-corrected chi connectivity index (χ2v) is 4.76. The van der Waals surface area contributed by atoms with Crippen LogP contribution < -0.4 is 5.73 Å². The molecule has 1 aliphatic heterocycles. The number of hydrogen-bond acceptors (Lipinski definition) is 2. The number of benzene rings is 1. The molecule has 2 rings (SSSR count). The summed E-state index contributed by atoms with van der Waals surface area (Å²) in [6.07, 6.45) is 3.77. The first-order chi connectivity index (χ1) is 8.63. The standard InChI is InChI=1S/C15H20N2O/c1-3-5-11(2)15(18)17-9-8-12-6-4-7-14(16)13(12)10-17/h4-7H,3,8-10,16H2,1-2H3/b11-5-. The van der Waals surface area contributed by atoms with Crippen LogP contribution in [0, 0.1) is 0 Å². The van der Waals surface area contributed by atoms with Crippen LogP contribution in [0.1, 0.15) is 31.4 Å². The Labute approximate surface area is 108 Å². The van der Waals surface area contributed by atoms with Gasteiger partial charge in [-0.2, -0.15) is 0 Å². The average molecular weight is 244 g/mol. The lowest BCUT2D eigenvalue weighted by molar-refractivity contribution is -0.128. The molecule has 1 aromatic carbocycles. The molecule has 0 bridgehead atoms. The zero-order valence-corrected chi connectivity index (χ0v) is 11.1. The SMILES string of the molecule is CC/C=C(/C)C(=O)N1CCc2cccc(N)c2C1. The van der Waals surface area contributed by atoms with Gasteiger partial charge in [0.05, 0.1) is 0 Å². The molecular weight excluding hydrogens is 224 g/mol. The molecule has 0 aliphatic carbocycles. The molecule has 0 aromatic heterocycles. The number of carbonyl (C=O) groups excluding carboxylic acids is 1. The molecule has 0 saturated heterocycles. The van der Waals surface area contributed by atoms with Crippen LogP contribution in [0.5, 0.6) is 0 Å². The number of amides is 1. The van der Waals surface area contributed by atoms with E-state index in [2.05, 4.69) is 6.07 Å². The van der Waals surface area contributed by atoms with E-state index in [0.29, 0.717) is 6.54 Å². The second kappa shape index (κ2) is 5.25. The number of carbonyl (C=O) groups is 1. The van der Waals surface area contributed by atoms with Crippen LogP contribution in [0.2, 0.25) is 0 Å². The quantitative estimate of drug-likeness (QED) is 0.642. The zero-order valence-electron chi connectivity index (χ0n) is 11.1. The molecule has 2 N–H and O–H groups in total. The monoisotopic (exact) mass is 244 g/mol. The number of nitrogen functional groups attached to an aromatic ring is 1. The highest BCUT2D eigenvalue weighted by Gasteiger charge is 2.22. The van der Waals surface area contributed by atoms with Crippen LogP contribution in [-0.2, 0) is 17.8 Å². The predicted molar refractivity (Wildman–Crippen MR) is 74.0 cm³/mol. The van der Waals surface area contributed by atoms with E-state index >= 15 is 0 Å². The number of nitrogens with zero attached hydrogens (tertiary/aromatic N) is 1. The Kier molecular flexibility index (Phi) is 3.70. The molecule has 96 valence electrons. The Morgan fingerprint density at radius 1 is 1.50 bits per heavy atom. The van der Waals surface area contributed by atoms with Gasteiger partial charge in [-0.3, -0.25) is 4.79 Å². The summed E-state index contributed by atoms with van der Waals surface area (Å²) in [4.78, 5) is 14.1. The van der Waals surface area contributed by atoms with E-state index < -0.39 is 0 Å². The van der Waals surface area contributed by atoms with Gasteiger partial charge in [-0.15, -0.1) is 0 Å². The van der Waals surface area contributed by atoms with Gasteiger partial charge in [0.15, 0.2) is 0 Å².